The van der Waals surface area contributed by atoms with E-state index in [0.717, 1.165) is 10.7 Å². The Kier molecular flexibility index (Phi) is 5.95. The second-order valence-electron chi connectivity index (χ2n) is 3.13. The minimum Gasteiger partial charge on any atom is -0.368 e. The number of nitrogens with one attached hydrogen (secondary N) is 1. The fourth-order valence-corrected chi connectivity index (χ4v) is 2.36. The van der Waals surface area contributed by atoms with Crippen LogP contribution in [0.5, 0.6) is 0 Å². The van der Waals surface area contributed by atoms with Crippen LogP contribution in [0.4, 0.5) is 0 Å². The molecule has 6 nitrogen and oxygen atoms in total. The Morgan fingerprint density at radius 3 is 3.00 bits per heavy atom. The number of hydrogen-bond acceptors (Lipinski definition) is 6. The lowest BCUT2D eigenvalue weighted by atomic mass is 10.6. The summed E-state index contributed by atoms with van der Waals surface area (Å²) in [5.74, 6) is -0.0118. The van der Waals surface area contributed by atoms with Crippen LogP contribution in [0.2, 0.25) is 0 Å². The van der Waals surface area contributed by atoms with Gasteiger partial charge in [-0.3, -0.25) is 14.4 Å². The number of carbonyl (C=O) groups excluding carboxylic acids is 2. The summed E-state index contributed by atoms with van der Waals surface area (Å²) in [6.07, 6.45) is 0. The van der Waals surface area contributed by atoms with Gasteiger partial charge in [-0.2, -0.15) is 0 Å². The fraction of sp³-hybridized carbons (Fsp3) is 0.444. The van der Waals surface area contributed by atoms with Gasteiger partial charge in [0.1, 0.15) is 0 Å². The maximum absolute atomic E-state index is 11.2. The Bertz CT molecular complexity index is 395. The predicted molar refractivity (Wildman–Crippen MR) is 66.3 cm³/mol. The molecule has 8 heteroatoms. The molecule has 1 heterocycles. The maximum Gasteiger partial charge on any atom is 0.253 e. The van der Waals surface area contributed by atoms with Crippen LogP contribution in [-0.4, -0.2) is 29.2 Å². The second kappa shape index (κ2) is 7.25. The van der Waals surface area contributed by atoms with Crippen molar-refractivity contribution in [3.63, 3.8) is 0 Å². The molecule has 1 aromatic heterocycles. The van der Waals surface area contributed by atoms with Crippen molar-refractivity contribution in [2.24, 2.45) is 5.73 Å². The van der Waals surface area contributed by atoms with E-state index in [1.54, 1.807) is 11.3 Å². The van der Waals surface area contributed by atoms with E-state index >= 15 is 0 Å². The van der Waals surface area contributed by atoms with Crippen LogP contribution >= 0.6 is 23.1 Å². The summed E-state index contributed by atoms with van der Waals surface area (Å²) in [7, 11) is 0. The molecule has 17 heavy (non-hydrogen) atoms. The van der Waals surface area contributed by atoms with Gasteiger partial charge in [0.05, 0.1) is 16.5 Å². The van der Waals surface area contributed by atoms with E-state index < -0.39 is 5.91 Å². The molecule has 94 valence electrons. The van der Waals surface area contributed by atoms with Crippen LogP contribution in [0.15, 0.2) is 5.38 Å². The molecule has 0 aliphatic carbocycles. The van der Waals surface area contributed by atoms with E-state index in [-0.39, 0.29) is 18.3 Å². The van der Waals surface area contributed by atoms with Gasteiger partial charge in [0.15, 0.2) is 6.61 Å². The highest BCUT2D eigenvalue weighted by molar-refractivity contribution is 7.99. The third kappa shape index (κ3) is 6.25. The Hall–Kier alpha value is -1.12. The van der Waals surface area contributed by atoms with E-state index in [2.05, 4.69) is 15.3 Å². The lowest BCUT2D eigenvalue weighted by Gasteiger charge is -2.03. The van der Waals surface area contributed by atoms with Crippen LogP contribution in [0.3, 0.4) is 0 Å². The average molecular weight is 275 g/mol. The summed E-state index contributed by atoms with van der Waals surface area (Å²) in [5, 5.41) is 2.97. The molecule has 0 fully saturated rings. The Labute approximate surface area is 107 Å². The molecule has 0 aliphatic rings. The molecule has 0 saturated carbocycles. The van der Waals surface area contributed by atoms with Crippen molar-refractivity contribution < 1.29 is 14.4 Å². The second-order valence-corrected chi connectivity index (χ2v) is 5.18. The van der Waals surface area contributed by atoms with Crippen molar-refractivity contribution in [1.82, 2.24) is 10.5 Å². The monoisotopic (exact) mass is 275 g/mol. The summed E-state index contributed by atoms with van der Waals surface area (Å²) in [4.78, 5) is 30.3. The zero-order chi connectivity index (χ0) is 12.7. The highest BCUT2D eigenvalue weighted by atomic mass is 32.2. The minimum absolute atomic E-state index is 0.245. The molecular weight excluding hydrogens is 262 g/mol. The quantitative estimate of drug-likeness (QED) is 0.694. The van der Waals surface area contributed by atoms with Crippen LogP contribution in [0.1, 0.15) is 10.7 Å². The summed E-state index contributed by atoms with van der Waals surface area (Å²) in [6.45, 7) is 1.62. The van der Waals surface area contributed by atoms with Crippen LogP contribution < -0.4 is 11.2 Å². The van der Waals surface area contributed by atoms with Gasteiger partial charge in [-0.1, -0.05) is 0 Å². The van der Waals surface area contributed by atoms with E-state index in [1.807, 2.05) is 12.3 Å². The average Bonchev–Trinajstić information content (AvgIpc) is 2.63. The van der Waals surface area contributed by atoms with E-state index in [1.165, 1.54) is 11.8 Å². The lowest BCUT2D eigenvalue weighted by Crippen LogP contribution is -2.30. The first-order valence-corrected chi connectivity index (χ1v) is 6.79. The number of hydroxylamine groups is 1. The van der Waals surface area contributed by atoms with Gasteiger partial charge in [0.2, 0.25) is 5.91 Å². The first-order valence-electron chi connectivity index (χ1n) is 4.75. The largest absolute Gasteiger partial charge is 0.368 e. The van der Waals surface area contributed by atoms with E-state index in [0.29, 0.717) is 5.75 Å². The lowest BCUT2D eigenvalue weighted by molar-refractivity contribution is -0.135. The van der Waals surface area contributed by atoms with Crippen molar-refractivity contribution >= 4 is 34.9 Å². The number of amides is 2. The first-order chi connectivity index (χ1) is 8.08. The number of hydrogen-bond donors (Lipinski definition) is 2. The molecule has 1 rings (SSSR count). The molecule has 0 aromatic carbocycles. The number of rotatable bonds is 7. The number of thioether (sulfide) groups is 1. The van der Waals surface area contributed by atoms with Crippen molar-refractivity contribution in [3.8, 4) is 0 Å². The van der Waals surface area contributed by atoms with Crippen LogP contribution in [-0.2, 0) is 20.2 Å². The topological polar surface area (TPSA) is 94.3 Å². The molecule has 0 spiro atoms. The zero-order valence-corrected chi connectivity index (χ0v) is 10.9. The Balaban J connectivity index is 2.10. The summed E-state index contributed by atoms with van der Waals surface area (Å²) < 4.78 is 0. The molecule has 1 aromatic rings. The molecule has 2 amide bonds. The standard InChI is InChI=1S/C9H13N3O3S2/c1-6-11-7(4-17-6)3-16-5-9(14)12-15-2-8(10)13/h4H,2-3,5H2,1H3,(H2,10,13)(H,12,14). The smallest absolute Gasteiger partial charge is 0.253 e. The molecule has 0 unspecified atom stereocenters. The molecule has 0 radical (unpaired) electrons. The van der Waals surface area contributed by atoms with Gasteiger partial charge in [-0.15, -0.1) is 23.1 Å². The fourth-order valence-electron chi connectivity index (χ4n) is 0.940. The Morgan fingerprint density at radius 2 is 2.41 bits per heavy atom. The zero-order valence-electron chi connectivity index (χ0n) is 9.26. The van der Waals surface area contributed by atoms with E-state index in [4.69, 9.17) is 5.73 Å². The predicted octanol–water partition coefficient (Wildman–Crippen LogP) is 0.218. The first kappa shape index (κ1) is 13.9. The summed E-state index contributed by atoms with van der Waals surface area (Å²) in [5.41, 5.74) is 7.92. The number of primary amides is 1. The molecular formula is C9H13N3O3S2. The third-order valence-corrected chi connectivity index (χ3v) is 3.34. The SMILES string of the molecule is Cc1nc(CSCC(=O)NOCC(N)=O)cs1. The molecule has 0 atom stereocenters. The van der Waals surface area contributed by atoms with Gasteiger partial charge in [0.25, 0.3) is 5.91 Å². The van der Waals surface area contributed by atoms with Crippen LogP contribution in [0, 0.1) is 6.92 Å². The van der Waals surface area contributed by atoms with Gasteiger partial charge in [-0.25, -0.2) is 10.5 Å². The van der Waals surface area contributed by atoms with Gasteiger partial charge < -0.3 is 5.73 Å². The van der Waals surface area contributed by atoms with E-state index in [9.17, 15) is 9.59 Å². The summed E-state index contributed by atoms with van der Waals surface area (Å²) in [6, 6.07) is 0. The number of aryl methyl sites for hydroxylation is 1. The summed E-state index contributed by atoms with van der Waals surface area (Å²) >= 11 is 3.00. The van der Waals surface area contributed by atoms with Gasteiger partial charge in [-0.05, 0) is 6.92 Å². The number of thiazole rings is 1. The molecule has 3 N–H and O–H groups in total. The highest BCUT2D eigenvalue weighted by Crippen LogP contribution is 2.14. The molecule has 0 bridgehead atoms. The van der Waals surface area contributed by atoms with Crippen molar-refractivity contribution in [2.75, 3.05) is 12.4 Å². The number of carbonyl (C=O) groups is 2. The number of nitrogens with two attached hydrogens (primary N) is 1. The van der Waals surface area contributed by atoms with Crippen molar-refractivity contribution in [3.05, 3.63) is 16.1 Å². The number of nitrogens with zero attached hydrogens (tertiary/aromatic N) is 1. The van der Waals surface area contributed by atoms with Crippen molar-refractivity contribution in [1.29, 1.82) is 0 Å². The van der Waals surface area contributed by atoms with Crippen LogP contribution in [0.25, 0.3) is 0 Å². The third-order valence-electron chi connectivity index (χ3n) is 1.55. The minimum atomic E-state index is -0.629. The Morgan fingerprint density at radius 1 is 1.65 bits per heavy atom. The normalized spacial score (nSPS) is 10.2. The molecule has 0 saturated heterocycles. The number of aromatic nitrogens is 1. The van der Waals surface area contributed by atoms with Crippen molar-refractivity contribution in [2.45, 2.75) is 12.7 Å². The van der Waals surface area contributed by atoms with Gasteiger partial charge in [0, 0.05) is 11.1 Å². The highest BCUT2D eigenvalue weighted by Gasteiger charge is 2.04. The molecule has 0 aliphatic heterocycles. The maximum atomic E-state index is 11.2. The van der Waals surface area contributed by atoms with Gasteiger partial charge >= 0.3 is 0 Å².